The van der Waals surface area contributed by atoms with Crippen LogP contribution in [0.2, 0.25) is 0 Å². The van der Waals surface area contributed by atoms with E-state index >= 15 is 0 Å². The largest absolute Gasteiger partial charge is 0.458 e. The van der Waals surface area contributed by atoms with Crippen LogP contribution in [0.4, 0.5) is 0 Å². The van der Waals surface area contributed by atoms with Gasteiger partial charge in [0, 0.05) is 29.0 Å². The average molecular weight is 448 g/mol. The van der Waals surface area contributed by atoms with Crippen molar-refractivity contribution in [3.8, 4) is 22.9 Å². The Balaban J connectivity index is 1.64. The van der Waals surface area contributed by atoms with Crippen LogP contribution in [0.15, 0.2) is 23.0 Å². The van der Waals surface area contributed by atoms with Crippen LogP contribution in [-0.2, 0) is 39.5 Å². The summed E-state index contributed by atoms with van der Waals surface area (Å²) in [6, 6.07) is 5.34. The number of carbonyl (C=O) groups is 2. The quantitative estimate of drug-likeness (QED) is 0.372. The SMILES string of the molecule is CC[C@@]1(O)C(=O)OCc2c1cc1n(c2=O)Cc2c-1nc1cc3c(cc1c2CCC=O)OCO3. The van der Waals surface area contributed by atoms with Gasteiger partial charge in [-0.25, -0.2) is 9.78 Å². The Hall–Kier alpha value is -3.72. The van der Waals surface area contributed by atoms with E-state index in [1.54, 1.807) is 23.6 Å². The summed E-state index contributed by atoms with van der Waals surface area (Å²) in [5.41, 5.74) is 1.88. The van der Waals surface area contributed by atoms with Crippen molar-refractivity contribution in [2.45, 2.75) is 44.9 Å². The molecule has 0 aliphatic carbocycles. The lowest BCUT2D eigenvalue weighted by molar-refractivity contribution is -0.172. The summed E-state index contributed by atoms with van der Waals surface area (Å²) in [7, 11) is 0. The van der Waals surface area contributed by atoms with E-state index in [4.69, 9.17) is 19.2 Å². The number of fused-ring (bicyclic) bond motifs is 6. The Morgan fingerprint density at radius 1 is 1.15 bits per heavy atom. The summed E-state index contributed by atoms with van der Waals surface area (Å²) in [6.45, 7) is 1.90. The standard InChI is InChI=1S/C24H20N2O7/c1-2-24(30)16-7-18-21-14(9-26(18)22(28)15(16)10-31-23(24)29)12(4-3-5-27)13-6-19-20(33-11-32-19)8-17(13)25-21/h5-8,30H,2-4,9-11H2,1H3/t24-/m0/s1. The van der Waals surface area contributed by atoms with Crippen molar-refractivity contribution in [1.29, 1.82) is 0 Å². The maximum atomic E-state index is 13.4. The van der Waals surface area contributed by atoms with E-state index in [1.807, 2.05) is 6.07 Å². The number of hydrogen-bond donors (Lipinski definition) is 1. The summed E-state index contributed by atoms with van der Waals surface area (Å²) >= 11 is 0. The molecule has 6 rings (SSSR count). The molecule has 0 unspecified atom stereocenters. The first kappa shape index (κ1) is 19.9. The third kappa shape index (κ3) is 2.62. The maximum Gasteiger partial charge on any atom is 0.343 e. The van der Waals surface area contributed by atoms with E-state index < -0.39 is 11.6 Å². The fraction of sp³-hybridized carbons (Fsp3) is 0.333. The van der Waals surface area contributed by atoms with Crippen molar-refractivity contribution in [2.75, 3.05) is 6.79 Å². The molecule has 0 fully saturated rings. The number of benzene rings is 1. The molecule has 33 heavy (non-hydrogen) atoms. The van der Waals surface area contributed by atoms with Gasteiger partial charge in [0.15, 0.2) is 17.1 Å². The fourth-order valence-corrected chi connectivity index (χ4v) is 5.04. The third-order valence-corrected chi connectivity index (χ3v) is 6.81. The monoisotopic (exact) mass is 448 g/mol. The van der Waals surface area contributed by atoms with E-state index in [-0.39, 0.29) is 43.1 Å². The molecule has 3 aliphatic heterocycles. The first-order valence-electron chi connectivity index (χ1n) is 10.8. The van der Waals surface area contributed by atoms with E-state index in [0.29, 0.717) is 41.2 Å². The number of nitrogens with zero attached hydrogens (tertiary/aromatic N) is 2. The highest BCUT2D eigenvalue weighted by Crippen LogP contribution is 2.43. The van der Waals surface area contributed by atoms with Crippen LogP contribution < -0.4 is 15.0 Å². The molecular formula is C24H20N2O7. The van der Waals surface area contributed by atoms with Gasteiger partial charge in [0.2, 0.25) is 6.79 Å². The Morgan fingerprint density at radius 2 is 1.94 bits per heavy atom. The third-order valence-electron chi connectivity index (χ3n) is 6.81. The molecule has 3 aromatic rings. The van der Waals surface area contributed by atoms with Gasteiger partial charge < -0.3 is 28.7 Å². The smallest absolute Gasteiger partial charge is 0.343 e. The lowest BCUT2D eigenvalue weighted by atomic mass is 9.86. The Kier molecular flexibility index (Phi) is 4.16. The van der Waals surface area contributed by atoms with Crippen LogP contribution in [-0.4, -0.2) is 33.7 Å². The molecule has 0 spiro atoms. The van der Waals surface area contributed by atoms with Crippen molar-refractivity contribution in [2.24, 2.45) is 0 Å². The number of rotatable bonds is 4. The van der Waals surface area contributed by atoms with Gasteiger partial charge in [-0.1, -0.05) is 6.92 Å². The number of hydrogen-bond acceptors (Lipinski definition) is 8. The van der Waals surface area contributed by atoms with Gasteiger partial charge in [0.1, 0.15) is 12.9 Å². The topological polar surface area (TPSA) is 117 Å². The van der Waals surface area contributed by atoms with Gasteiger partial charge in [-0.05, 0) is 30.5 Å². The minimum absolute atomic E-state index is 0.0772. The Morgan fingerprint density at radius 3 is 2.70 bits per heavy atom. The van der Waals surface area contributed by atoms with Crippen molar-refractivity contribution in [3.63, 3.8) is 0 Å². The molecule has 3 aliphatic rings. The van der Waals surface area contributed by atoms with Crippen LogP contribution in [0.25, 0.3) is 22.3 Å². The van der Waals surface area contributed by atoms with E-state index in [2.05, 4.69) is 0 Å². The molecule has 1 aromatic carbocycles. The summed E-state index contributed by atoms with van der Waals surface area (Å²) in [5.74, 6) is 0.439. The number of cyclic esters (lactones) is 1. The minimum Gasteiger partial charge on any atom is -0.458 e. The van der Waals surface area contributed by atoms with Gasteiger partial charge in [-0.2, -0.15) is 0 Å². The van der Waals surface area contributed by atoms with E-state index in [9.17, 15) is 19.5 Å². The normalized spacial score (nSPS) is 19.8. The molecular weight excluding hydrogens is 428 g/mol. The first-order valence-corrected chi connectivity index (χ1v) is 10.8. The number of pyridine rings is 2. The highest BCUT2D eigenvalue weighted by Gasteiger charge is 2.45. The summed E-state index contributed by atoms with van der Waals surface area (Å²) in [4.78, 5) is 41.8. The molecule has 0 radical (unpaired) electrons. The number of aldehydes is 1. The predicted octanol–water partition coefficient (Wildman–Crippen LogP) is 1.94. The minimum atomic E-state index is -1.88. The van der Waals surface area contributed by atoms with Crippen LogP contribution in [0.3, 0.4) is 0 Å². The molecule has 0 saturated carbocycles. The predicted molar refractivity (Wildman–Crippen MR) is 115 cm³/mol. The summed E-state index contributed by atoms with van der Waals surface area (Å²) in [6.07, 6.45) is 1.74. The maximum absolute atomic E-state index is 13.4. The van der Waals surface area contributed by atoms with Crippen LogP contribution in [0, 0.1) is 0 Å². The molecule has 9 nitrogen and oxygen atoms in total. The zero-order chi connectivity index (χ0) is 22.9. The molecule has 168 valence electrons. The Bertz CT molecular complexity index is 1440. The molecule has 1 N–H and O–H groups in total. The van der Waals surface area contributed by atoms with Crippen molar-refractivity contribution >= 4 is 23.2 Å². The van der Waals surface area contributed by atoms with E-state index in [0.717, 1.165) is 22.8 Å². The number of esters is 1. The molecule has 9 heteroatoms. The number of aliphatic hydroxyl groups is 1. The van der Waals surface area contributed by atoms with Crippen LogP contribution in [0.1, 0.15) is 42.0 Å². The number of aryl methyl sites for hydroxylation is 1. The van der Waals surface area contributed by atoms with Crippen LogP contribution in [0.5, 0.6) is 11.5 Å². The summed E-state index contributed by atoms with van der Waals surface area (Å²) in [5, 5.41) is 11.9. The van der Waals surface area contributed by atoms with Gasteiger partial charge in [-0.15, -0.1) is 0 Å². The zero-order valence-corrected chi connectivity index (χ0v) is 17.8. The number of aromatic nitrogens is 2. The molecule has 5 heterocycles. The zero-order valence-electron chi connectivity index (χ0n) is 17.8. The fourth-order valence-electron chi connectivity index (χ4n) is 5.04. The summed E-state index contributed by atoms with van der Waals surface area (Å²) < 4.78 is 17.8. The van der Waals surface area contributed by atoms with Gasteiger partial charge in [0.05, 0.1) is 29.0 Å². The average Bonchev–Trinajstić information content (AvgIpc) is 3.42. The number of carbonyl (C=O) groups excluding carboxylic acids is 2. The second kappa shape index (κ2) is 6.89. The van der Waals surface area contributed by atoms with Crippen molar-refractivity contribution in [1.82, 2.24) is 9.55 Å². The van der Waals surface area contributed by atoms with Crippen molar-refractivity contribution < 1.29 is 28.9 Å². The molecule has 0 saturated heterocycles. The number of ether oxygens (including phenoxy) is 3. The first-order chi connectivity index (χ1) is 16.0. The second-order valence-corrected chi connectivity index (χ2v) is 8.45. The Labute approximate surface area is 187 Å². The van der Waals surface area contributed by atoms with Gasteiger partial charge in [-0.3, -0.25) is 4.79 Å². The second-order valence-electron chi connectivity index (χ2n) is 8.45. The molecule has 0 amide bonds. The van der Waals surface area contributed by atoms with Gasteiger partial charge in [0.25, 0.3) is 5.56 Å². The molecule has 0 bridgehead atoms. The lowest BCUT2D eigenvalue weighted by Crippen LogP contribution is -2.44. The van der Waals surface area contributed by atoms with E-state index in [1.165, 1.54) is 0 Å². The lowest BCUT2D eigenvalue weighted by Gasteiger charge is -2.31. The van der Waals surface area contributed by atoms with Crippen LogP contribution >= 0.6 is 0 Å². The van der Waals surface area contributed by atoms with Crippen molar-refractivity contribution in [3.05, 3.63) is 50.8 Å². The van der Waals surface area contributed by atoms with Gasteiger partial charge >= 0.3 is 5.97 Å². The highest BCUT2D eigenvalue weighted by atomic mass is 16.7. The highest BCUT2D eigenvalue weighted by molar-refractivity contribution is 5.91. The molecule has 1 atom stereocenters. The molecule has 2 aromatic heterocycles.